The molecule has 1 aliphatic rings. The Labute approximate surface area is 122 Å². The van der Waals surface area contributed by atoms with Gasteiger partial charge < -0.3 is 14.9 Å². The predicted octanol–water partition coefficient (Wildman–Crippen LogP) is 2.24. The monoisotopic (exact) mass is 299 g/mol. The van der Waals surface area contributed by atoms with Crippen molar-refractivity contribution in [1.82, 2.24) is 4.90 Å². The highest BCUT2D eigenvalue weighted by atomic mass is 32.1. The zero-order valence-electron chi connectivity index (χ0n) is 12.1. The van der Waals surface area contributed by atoms with Crippen molar-refractivity contribution in [3.05, 3.63) is 21.1 Å². The van der Waals surface area contributed by atoms with Gasteiger partial charge >= 0.3 is 5.69 Å². The number of likely N-dealkylation sites (N-methyl/N-ethyl adjacent to an activating group) is 1. The van der Waals surface area contributed by atoms with Crippen LogP contribution in [0.3, 0.4) is 0 Å². The van der Waals surface area contributed by atoms with Gasteiger partial charge in [0.05, 0.1) is 11.0 Å². The number of rotatable bonds is 4. The number of anilines is 1. The van der Waals surface area contributed by atoms with Crippen LogP contribution in [-0.4, -0.2) is 48.2 Å². The van der Waals surface area contributed by atoms with Crippen LogP contribution in [0.5, 0.6) is 0 Å². The van der Waals surface area contributed by atoms with Crippen LogP contribution in [0.25, 0.3) is 0 Å². The van der Waals surface area contributed by atoms with Gasteiger partial charge in [0.15, 0.2) is 5.00 Å². The molecule has 0 radical (unpaired) electrons. The zero-order chi connectivity index (χ0) is 14.9. The first-order valence-corrected chi connectivity index (χ1v) is 7.59. The van der Waals surface area contributed by atoms with Crippen LogP contribution in [-0.2, 0) is 0 Å². The van der Waals surface area contributed by atoms with Gasteiger partial charge in [-0.2, -0.15) is 0 Å². The van der Waals surface area contributed by atoms with E-state index >= 15 is 0 Å². The summed E-state index contributed by atoms with van der Waals surface area (Å²) < 4.78 is 0. The molecule has 0 aliphatic carbocycles. The molecule has 112 valence electrons. The van der Waals surface area contributed by atoms with E-state index in [4.69, 9.17) is 0 Å². The van der Waals surface area contributed by atoms with E-state index in [-0.39, 0.29) is 10.6 Å². The lowest BCUT2D eigenvalue weighted by Crippen LogP contribution is -2.45. The Bertz CT molecular complexity index is 487. The third kappa shape index (κ3) is 3.11. The maximum absolute atomic E-state index is 11.2. The van der Waals surface area contributed by atoms with E-state index < -0.39 is 6.10 Å². The highest BCUT2D eigenvalue weighted by molar-refractivity contribution is 7.16. The largest absolute Gasteiger partial charge is 0.388 e. The van der Waals surface area contributed by atoms with E-state index in [1.54, 1.807) is 6.92 Å². The Hall–Kier alpha value is -1.18. The van der Waals surface area contributed by atoms with Gasteiger partial charge in [0.2, 0.25) is 0 Å². The summed E-state index contributed by atoms with van der Waals surface area (Å²) in [4.78, 5) is 15.8. The fourth-order valence-electron chi connectivity index (χ4n) is 2.51. The minimum absolute atomic E-state index is 0.116. The normalized spacial score (nSPS) is 21.2. The smallest absolute Gasteiger partial charge is 0.304 e. The Kier molecular flexibility index (Phi) is 4.62. The summed E-state index contributed by atoms with van der Waals surface area (Å²) in [5.41, 5.74) is 0.116. The first-order chi connectivity index (χ1) is 9.40. The summed E-state index contributed by atoms with van der Waals surface area (Å²) >= 11 is 1.33. The molecule has 1 N–H and O–H groups in total. The van der Waals surface area contributed by atoms with Crippen molar-refractivity contribution in [2.45, 2.75) is 31.9 Å². The summed E-state index contributed by atoms with van der Waals surface area (Å²) in [6, 6.07) is 1.92. The SMILES string of the molecule is C[C@@H](O)c1cc([N+](=O)[O-])c(N2CCCC(N(C)C)C2)s1. The van der Waals surface area contributed by atoms with Crippen LogP contribution in [0.1, 0.15) is 30.7 Å². The second-order valence-corrected chi connectivity index (χ2v) is 6.54. The van der Waals surface area contributed by atoms with Crippen LogP contribution in [0.15, 0.2) is 6.07 Å². The zero-order valence-corrected chi connectivity index (χ0v) is 12.9. The number of piperidine rings is 1. The number of thiophene rings is 1. The Morgan fingerprint density at radius 1 is 1.60 bits per heavy atom. The van der Waals surface area contributed by atoms with E-state index in [0.717, 1.165) is 25.9 Å². The van der Waals surface area contributed by atoms with Crippen molar-refractivity contribution in [2.24, 2.45) is 0 Å². The van der Waals surface area contributed by atoms with Crippen molar-refractivity contribution in [1.29, 1.82) is 0 Å². The number of hydrogen-bond acceptors (Lipinski definition) is 6. The molecule has 1 aromatic rings. The third-order valence-electron chi connectivity index (χ3n) is 3.74. The molecule has 1 unspecified atom stereocenters. The first kappa shape index (κ1) is 15.2. The summed E-state index contributed by atoms with van der Waals surface area (Å²) in [6.07, 6.45) is 1.48. The van der Waals surface area contributed by atoms with E-state index in [9.17, 15) is 15.2 Å². The highest BCUT2D eigenvalue weighted by Gasteiger charge is 2.29. The Morgan fingerprint density at radius 2 is 2.30 bits per heavy atom. The van der Waals surface area contributed by atoms with Crippen molar-refractivity contribution in [2.75, 3.05) is 32.1 Å². The standard InChI is InChI=1S/C13H21N3O3S/c1-9(17)12-7-11(16(18)19)13(20-12)15-6-4-5-10(8-15)14(2)3/h7,9-10,17H,4-6,8H2,1-3H3/t9-,10?/m1/s1. The highest BCUT2D eigenvalue weighted by Crippen LogP contribution is 2.41. The second-order valence-electron chi connectivity index (χ2n) is 5.48. The van der Waals surface area contributed by atoms with Crippen molar-refractivity contribution in [3.8, 4) is 0 Å². The molecular weight excluding hydrogens is 278 g/mol. The number of aliphatic hydroxyl groups is 1. The summed E-state index contributed by atoms with van der Waals surface area (Å²) in [6.45, 7) is 3.27. The molecule has 1 fully saturated rings. The lowest BCUT2D eigenvalue weighted by Gasteiger charge is -2.36. The molecule has 1 aromatic heterocycles. The van der Waals surface area contributed by atoms with Gasteiger partial charge in [0.25, 0.3) is 0 Å². The van der Waals surface area contributed by atoms with Gasteiger partial charge in [-0.15, -0.1) is 11.3 Å². The van der Waals surface area contributed by atoms with E-state index in [2.05, 4.69) is 9.80 Å². The molecular formula is C13H21N3O3S. The van der Waals surface area contributed by atoms with Crippen LogP contribution in [0.4, 0.5) is 10.7 Å². The Morgan fingerprint density at radius 3 is 2.85 bits per heavy atom. The predicted molar refractivity (Wildman–Crippen MR) is 80.5 cm³/mol. The van der Waals surface area contributed by atoms with E-state index in [0.29, 0.717) is 15.9 Å². The van der Waals surface area contributed by atoms with Gasteiger partial charge in [-0.1, -0.05) is 0 Å². The number of nitrogens with zero attached hydrogens (tertiary/aromatic N) is 3. The van der Waals surface area contributed by atoms with Crippen molar-refractivity contribution < 1.29 is 10.0 Å². The number of aliphatic hydroxyl groups excluding tert-OH is 1. The van der Waals surface area contributed by atoms with Gasteiger partial charge in [-0.05, 0) is 33.9 Å². The minimum atomic E-state index is -0.665. The molecule has 0 spiro atoms. The molecule has 2 atom stereocenters. The van der Waals surface area contributed by atoms with Crippen LogP contribution >= 0.6 is 11.3 Å². The molecule has 2 rings (SSSR count). The van der Waals surface area contributed by atoms with Crippen LogP contribution in [0, 0.1) is 10.1 Å². The molecule has 0 aromatic carbocycles. The average molecular weight is 299 g/mol. The number of hydrogen-bond donors (Lipinski definition) is 1. The molecule has 7 heteroatoms. The van der Waals surface area contributed by atoms with Crippen LogP contribution in [0.2, 0.25) is 0 Å². The fraction of sp³-hybridized carbons (Fsp3) is 0.692. The molecule has 0 saturated carbocycles. The lowest BCUT2D eigenvalue weighted by atomic mass is 10.1. The number of nitro groups is 1. The van der Waals surface area contributed by atoms with E-state index in [1.807, 2.05) is 14.1 Å². The molecule has 2 heterocycles. The maximum atomic E-state index is 11.2. The topological polar surface area (TPSA) is 69.8 Å². The Balaban J connectivity index is 2.28. The summed E-state index contributed by atoms with van der Waals surface area (Å²) in [7, 11) is 4.08. The average Bonchev–Trinajstić information content (AvgIpc) is 2.84. The molecule has 1 aliphatic heterocycles. The van der Waals surface area contributed by atoms with Crippen molar-refractivity contribution in [3.63, 3.8) is 0 Å². The second kappa shape index (κ2) is 6.07. The summed E-state index contributed by atoms with van der Waals surface area (Å²) in [5, 5.41) is 21.5. The first-order valence-electron chi connectivity index (χ1n) is 6.77. The van der Waals surface area contributed by atoms with Gasteiger partial charge in [-0.25, -0.2) is 0 Å². The maximum Gasteiger partial charge on any atom is 0.304 e. The minimum Gasteiger partial charge on any atom is -0.388 e. The van der Waals surface area contributed by atoms with Crippen LogP contribution < -0.4 is 4.90 Å². The fourth-order valence-corrected chi connectivity index (χ4v) is 3.61. The lowest BCUT2D eigenvalue weighted by molar-refractivity contribution is -0.383. The molecule has 0 amide bonds. The molecule has 20 heavy (non-hydrogen) atoms. The van der Waals surface area contributed by atoms with Gasteiger partial charge in [-0.3, -0.25) is 10.1 Å². The van der Waals surface area contributed by atoms with Crippen molar-refractivity contribution >= 4 is 22.0 Å². The quantitative estimate of drug-likeness (QED) is 0.682. The molecule has 6 nitrogen and oxygen atoms in total. The van der Waals surface area contributed by atoms with Gasteiger partial charge in [0.1, 0.15) is 0 Å². The van der Waals surface area contributed by atoms with E-state index in [1.165, 1.54) is 17.4 Å². The molecule has 1 saturated heterocycles. The third-order valence-corrected chi connectivity index (χ3v) is 5.09. The summed E-state index contributed by atoms with van der Waals surface area (Å²) in [5.74, 6) is 0. The molecule has 0 bridgehead atoms. The van der Waals surface area contributed by atoms with Gasteiger partial charge in [0, 0.05) is 30.1 Å².